The maximum Gasteiger partial charge on any atom is 0.238 e. The molecule has 1 aliphatic heterocycles. The lowest BCUT2D eigenvalue weighted by molar-refractivity contribution is 0.216. The Morgan fingerprint density at radius 2 is 1.74 bits per heavy atom. The zero-order valence-electron chi connectivity index (χ0n) is 16.8. The number of likely N-dealkylation sites (tertiary alicyclic amines) is 1. The number of nitrogens with two attached hydrogens (primary N) is 1. The fraction of sp³-hybridized carbons (Fsp3) is 0.333. The van der Waals surface area contributed by atoms with Crippen LogP contribution < -0.4 is 5.14 Å². The van der Waals surface area contributed by atoms with E-state index < -0.39 is 15.8 Å². The number of nitrogens with zero attached hydrogens (tertiary/aromatic N) is 4. The van der Waals surface area contributed by atoms with Gasteiger partial charge in [0.15, 0.2) is 5.82 Å². The van der Waals surface area contributed by atoms with E-state index >= 15 is 0 Å². The Morgan fingerprint density at radius 1 is 1.00 bits per heavy atom. The van der Waals surface area contributed by atoms with Crippen molar-refractivity contribution in [3.8, 4) is 5.69 Å². The van der Waals surface area contributed by atoms with Crippen LogP contribution in [0.3, 0.4) is 0 Å². The molecule has 1 aromatic heterocycles. The number of sulfonamides is 1. The molecule has 0 amide bonds. The second kappa shape index (κ2) is 8.81. The lowest BCUT2D eigenvalue weighted by Gasteiger charge is -2.24. The highest BCUT2D eigenvalue weighted by Gasteiger charge is 2.20. The second-order valence-corrected chi connectivity index (χ2v) is 9.18. The number of hydrogen-bond donors (Lipinski definition) is 1. The van der Waals surface area contributed by atoms with Crippen LogP contribution >= 0.6 is 0 Å². The Hall–Kier alpha value is -2.69. The normalized spacial score (nSPS) is 15.3. The summed E-state index contributed by atoms with van der Waals surface area (Å²) in [6, 6.07) is 9.66. The molecule has 0 bridgehead atoms. The average molecular weight is 448 g/mol. The third-order valence-electron chi connectivity index (χ3n) is 5.31. The molecule has 1 fully saturated rings. The summed E-state index contributed by atoms with van der Waals surface area (Å²) < 4.78 is 53.5. The molecule has 10 heteroatoms. The van der Waals surface area contributed by atoms with E-state index in [0.717, 1.165) is 32.0 Å². The summed E-state index contributed by atoms with van der Waals surface area (Å²) in [6.45, 7) is 2.39. The van der Waals surface area contributed by atoms with Gasteiger partial charge in [0.25, 0.3) is 0 Å². The van der Waals surface area contributed by atoms with E-state index in [-0.39, 0.29) is 22.8 Å². The largest absolute Gasteiger partial charge is 0.296 e. The fourth-order valence-corrected chi connectivity index (χ4v) is 4.26. The molecule has 0 unspecified atom stereocenters. The molecule has 7 nitrogen and oxygen atoms in total. The highest BCUT2D eigenvalue weighted by Crippen LogP contribution is 2.21. The van der Waals surface area contributed by atoms with E-state index in [1.54, 1.807) is 18.2 Å². The van der Waals surface area contributed by atoms with E-state index in [0.29, 0.717) is 23.8 Å². The molecular weight excluding hydrogens is 424 g/mol. The smallest absolute Gasteiger partial charge is 0.238 e. The summed E-state index contributed by atoms with van der Waals surface area (Å²) >= 11 is 0. The molecule has 0 spiro atoms. The summed E-state index contributed by atoms with van der Waals surface area (Å²) in [4.78, 5) is 6.46. The van der Waals surface area contributed by atoms with Crippen LogP contribution in [-0.2, 0) is 23.0 Å². The summed E-state index contributed by atoms with van der Waals surface area (Å²) in [5, 5.41) is 9.57. The minimum Gasteiger partial charge on any atom is -0.296 e. The Labute approximate surface area is 179 Å². The molecule has 4 rings (SSSR count). The monoisotopic (exact) mass is 447 g/mol. The van der Waals surface area contributed by atoms with Crippen molar-refractivity contribution < 1.29 is 17.2 Å². The summed E-state index contributed by atoms with van der Waals surface area (Å²) in [6.07, 6.45) is 3.51. The second-order valence-electron chi connectivity index (χ2n) is 7.62. The molecule has 3 aromatic rings. The molecule has 1 aliphatic rings. The molecule has 164 valence electrons. The van der Waals surface area contributed by atoms with Crippen molar-refractivity contribution in [2.24, 2.45) is 5.14 Å². The van der Waals surface area contributed by atoms with Crippen LogP contribution in [0, 0.1) is 11.6 Å². The zero-order valence-corrected chi connectivity index (χ0v) is 17.7. The van der Waals surface area contributed by atoms with E-state index in [4.69, 9.17) is 5.14 Å². The fourth-order valence-electron chi connectivity index (χ4n) is 3.73. The van der Waals surface area contributed by atoms with Crippen LogP contribution in [0.5, 0.6) is 0 Å². The van der Waals surface area contributed by atoms with Gasteiger partial charge in [-0.1, -0.05) is 24.6 Å². The topological polar surface area (TPSA) is 94.1 Å². The highest BCUT2D eigenvalue weighted by atomic mass is 32.2. The first-order valence-electron chi connectivity index (χ1n) is 10.0. The summed E-state index contributed by atoms with van der Waals surface area (Å²) in [7, 11) is -4.04. The van der Waals surface area contributed by atoms with E-state index in [9.17, 15) is 17.2 Å². The number of hydrogen-bond acceptors (Lipinski definition) is 5. The van der Waals surface area contributed by atoms with Crippen LogP contribution in [0.1, 0.15) is 36.5 Å². The van der Waals surface area contributed by atoms with Crippen molar-refractivity contribution in [2.75, 3.05) is 13.1 Å². The third-order valence-corrected chi connectivity index (χ3v) is 6.23. The van der Waals surface area contributed by atoms with E-state index in [2.05, 4.69) is 15.0 Å². The van der Waals surface area contributed by atoms with Crippen LogP contribution in [-0.4, -0.2) is 41.2 Å². The molecule has 31 heavy (non-hydrogen) atoms. The summed E-state index contributed by atoms with van der Waals surface area (Å²) in [5.74, 6) is -0.335. The van der Waals surface area contributed by atoms with Crippen LogP contribution in [0.25, 0.3) is 5.69 Å². The Kier molecular flexibility index (Phi) is 6.12. The van der Waals surface area contributed by atoms with Crippen molar-refractivity contribution in [1.82, 2.24) is 19.7 Å². The zero-order chi connectivity index (χ0) is 22.0. The molecule has 2 aromatic carbocycles. The Balaban J connectivity index is 1.73. The lowest BCUT2D eigenvalue weighted by Crippen LogP contribution is -2.29. The van der Waals surface area contributed by atoms with E-state index in [1.807, 2.05) is 0 Å². The molecule has 0 atom stereocenters. The molecule has 1 saturated heterocycles. The van der Waals surface area contributed by atoms with Crippen molar-refractivity contribution in [3.63, 3.8) is 0 Å². The predicted octanol–water partition coefficient (Wildman–Crippen LogP) is 2.77. The maximum atomic E-state index is 14.8. The van der Waals surface area contributed by atoms with Gasteiger partial charge in [0.1, 0.15) is 23.1 Å². The predicted molar refractivity (Wildman–Crippen MR) is 111 cm³/mol. The lowest BCUT2D eigenvalue weighted by atomic mass is 10.1. The van der Waals surface area contributed by atoms with Gasteiger partial charge in [-0.05, 0) is 55.8 Å². The van der Waals surface area contributed by atoms with Crippen molar-refractivity contribution >= 4 is 10.0 Å². The van der Waals surface area contributed by atoms with Crippen molar-refractivity contribution in [3.05, 3.63) is 71.3 Å². The number of rotatable bonds is 6. The number of piperidine rings is 1. The Bertz CT molecular complexity index is 1190. The third kappa shape index (κ3) is 4.97. The van der Waals surface area contributed by atoms with Gasteiger partial charge >= 0.3 is 0 Å². The van der Waals surface area contributed by atoms with Crippen LogP contribution in [0.2, 0.25) is 0 Å². The average Bonchev–Trinajstić information content (AvgIpc) is 3.11. The molecule has 0 radical (unpaired) electrons. The van der Waals surface area contributed by atoms with Gasteiger partial charge in [-0.25, -0.2) is 32.0 Å². The van der Waals surface area contributed by atoms with Gasteiger partial charge in [-0.15, -0.1) is 5.10 Å². The van der Waals surface area contributed by atoms with Crippen molar-refractivity contribution in [2.45, 2.75) is 37.1 Å². The maximum absolute atomic E-state index is 14.8. The van der Waals surface area contributed by atoms with Gasteiger partial charge in [-0.2, -0.15) is 0 Å². The first kappa shape index (κ1) is 21.5. The van der Waals surface area contributed by atoms with Gasteiger partial charge in [0.05, 0.1) is 11.4 Å². The summed E-state index contributed by atoms with van der Waals surface area (Å²) in [5.41, 5.74) is 0.429. The van der Waals surface area contributed by atoms with Gasteiger partial charge < -0.3 is 0 Å². The van der Waals surface area contributed by atoms with Crippen LogP contribution in [0.15, 0.2) is 47.4 Å². The standard InChI is InChI=1S/C21H23F2N5O2S/c22-17-7-3-2-6-15(17)12-21-25-20(14-27-10-4-1-5-11-27)26-28(21)19-9-8-16(13-18(19)23)31(24,29)30/h2-3,6-9,13H,1,4-5,10-12,14H2,(H2,24,29,30). The number of primary sulfonamides is 1. The Morgan fingerprint density at radius 3 is 2.42 bits per heavy atom. The minimum atomic E-state index is -4.04. The molecule has 0 saturated carbocycles. The molecule has 2 heterocycles. The van der Waals surface area contributed by atoms with Crippen LogP contribution in [0.4, 0.5) is 8.78 Å². The number of aromatic nitrogens is 3. The van der Waals surface area contributed by atoms with Crippen molar-refractivity contribution in [1.29, 1.82) is 0 Å². The molecule has 2 N–H and O–H groups in total. The number of benzene rings is 2. The quantitative estimate of drug-likeness (QED) is 0.627. The molecular formula is C21H23F2N5O2S. The minimum absolute atomic E-state index is 0.0242. The van der Waals surface area contributed by atoms with Gasteiger partial charge in [-0.3, -0.25) is 4.90 Å². The SMILES string of the molecule is NS(=O)(=O)c1ccc(-n2nc(CN3CCCCC3)nc2Cc2ccccc2F)c(F)c1. The van der Waals surface area contributed by atoms with E-state index in [1.165, 1.54) is 29.3 Å². The first-order chi connectivity index (χ1) is 14.8. The molecule has 0 aliphatic carbocycles. The number of halogens is 2. The van der Waals surface area contributed by atoms with Gasteiger partial charge in [0, 0.05) is 6.42 Å². The first-order valence-corrected chi connectivity index (χ1v) is 11.6. The van der Waals surface area contributed by atoms with Gasteiger partial charge in [0.2, 0.25) is 10.0 Å². The highest BCUT2D eigenvalue weighted by molar-refractivity contribution is 7.89.